The molecule has 1 aliphatic carbocycles. The molecule has 1 fully saturated rings. The summed E-state index contributed by atoms with van der Waals surface area (Å²) in [7, 11) is 0. The summed E-state index contributed by atoms with van der Waals surface area (Å²) in [5.41, 5.74) is 0. The highest BCUT2D eigenvalue weighted by atomic mass is 79.9. The van der Waals surface area contributed by atoms with Crippen molar-refractivity contribution in [1.82, 2.24) is 0 Å². The fraction of sp³-hybridized carbons (Fsp3) is 1.00. The molecule has 1 aliphatic rings. The van der Waals surface area contributed by atoms with Gasteiger partial charge in [0.15, 0.2) is 0 Å². The van der Waals surface area contributed by atoms with Gasteiger partial charge in [-0.1, -0.05) is 15.9 Å². The first-order valence-electron chi connectivity index (χ1n) is 2.72. The van der Waals surface area contributed by atoms with Gasteiger partial charge in [0.25, 0.3) is 5.92 Å². The van der Waals surface area contributed by atoms with E-state index in [1.54, 1.807) is 0 Å². The van der Waals surface area contributed by atoms with Gasteiger partial charge in [0.2, 0.25) is 0 Å². The Hall–Kier alpha value is 0.300. The van der Waals surface area contributed by atoms with Crippen LogP contribution >= 0.6 is 15.9 Å². The minimum atomic E-state index is -2.53. The SMILES string of the molecule is FC1(F)C[C@H]1OCCBr. The maximum atomic E-state index is 12.0. The number of rotatable bonds is 3. The molecule has 0 amide bonds. The third-order valence-electron chi connectivity index (χ3n) is 1.16. The number of alkyl halides is 3. The molecule has 4 heteroatoms. The third-order valence-corrected chi connectivity index (χ3v) is 1.49. The van der Waals surface area contributed by atoms with Crippen molar-refractivity contribution in [2.24, 2.45) is 0 Å². The van der Waals surface area contributed by atoms with Gasteiger partial charge >= 0.3 is 0 Å². The summed E-state index contributed by atoms with van der Waals surface area (Å²) in [6.07, 6.45) is -0.893. The highest BCUT2D eigenvalue weighted by molar-refractivity contribution is 9.09. The van der Waals surface area contributed by atoms with Crippen LogP contribution in [0, 0.1) is 0 Å². The number of ether oxygens (including phenoxy) is 1. The lowest BCUT2D eigenvalue weighted by atomic mass is 10.7. The zero-order valence-electron chi connectivity index (χ0n) is 4.74. The highest BCUT2D eigenvalue weighted by Gasteiger charge is 2.58. The first-order chi connectivity index (χ1) is 4.17. The van der Waals surface area contributed by atoms with E-state index in [4.69, 9.17) is 4.74 Å². The predicted molar refractivity (Wildman–Crippen MR) is 33.1 cm³/mol. The lowest BCUT2D eigenvalue weighted by molar-refractivity contribution is 0.0191. The van der Waals surface area contributed by atoms with Crippen molar-refractivity contribution in [1.29, 1.82) is 0 Å². The molecule has 1 atom stereocenters. The number of halogens is 3. The van der Waals surface area contributed by atoms with Crippen LogP contribution in [0.25, 0.3) is 0 Å². The molecule has 0 aromatic carbocycles. The average Bonchev–Trinajstić information content (AvgIpc) is 2.35. The Morgan fingerprint density at radius 1 is 1.67 bits per heavy atom. The van der Waals surface area contributed by atoms with Crippen LogP contribution in [0.1, 0.15) is 6.42 Å². The lowest BCUT2D eigenvalue weighted by Gasteiger charge is -1.96. The van der Waals surface area contributed by atoms with Crippen LogP contribution in [0.5, 0.6) is 0 Å². The van der Waals surface area contributed by atoms with Gasteiger partial charge < -0.3 is 4.74 Å². The molecule has 0 radical (unpaired) electrons. The van der Waals surface area contributed by atoms with Crippen molar-refractivity contribution in [2.75, 3.05) is 11.9 Å². The lowest BCUT2D eigenvalue weighted by Crippen LogP contribution is -2.05. The Morgan fingerprint density at radius 2 is 2.22 bits per heavy atom. The summed E-state index contributed by atoms with van der Waals surface area (Å²) in [6, 6.07) is 0. The van der Waals surface area contributed by atoms with Crippen molar-refractivity contribution in [2.45, 2.75) is 18.4 Å². The topological polar surface area (TPSA) is 9.23 Å². The van der Waals surface area contributed by atoms with E-state index in [0.29, 0.717) is 11.9 Å². The molecule has 0 aliphatic heterocycles. The second-order valence-electron chi connectivity index (χ2n) is 2.01. The maximum absolute atomic E-state index is 12.0. The van der Waals surface area contributed by atoms with Crippen LogP contribution in [0.15, 0.2) is 0 Å². The summed E-state index contributed by atoms with van der Waals surface area (Å²) in [4.78, 5) is 0. The molecule has 0 heterocycles. The van der Waals surface area contributed by atoms with Gasteiger partial charge in [-0.25, -0.2) is 8.78 Å². The summed E-state index contributed by atoms with van der Waals surface area (Å²) >= 11 is 3.07. The first kappa shape index (κ1) is 7.41. The molecule has 0 aromatic heterocycles. The van der Waals surface area contributed by atoms with Crippen molar-refractivity contribution in [3.8, 4) is 0 Å². The number of hydrogen-bond acceptors (Lipinski definition) is 1. The summed E-state index contributed by atoms with van der Waals surface area (Å²) in [5.74, 6) is -2.53. The zero-order valence-corrected chi connectivity index (χ0v) is 6.33. The van der Waals surface area contributed by atoms with Crippen molar-refractivity contribution in [3.63, 3.8) is 0 Å². The van der Waals surface area contributed by atoms with Gasteiger partial charge in [-0.05, 0) is 0 Å². The minimum Gasteiger partial charge on any atom is -0.371 e. The molecule has 0 unspecified atom stereocenters. The fourth-order valence-corrected chi connectivity index (χ4v) is 0.743. The van der Waals surface area contributed by atoms with Gasteiger partial charge in [0.1, 0.15) is 6.10 Å². The van der Waals surface area contributed by atoms with E-state index in [1.165, 1.54) is 0 Å². The molecule has 0 spiro atoms. The van der Waals surface area contributed by atoms with Crippen molar-refractivity contribution < 1.29 is 13.5 Å². The van der Waals surface area contributed by atoms with Crippen LogP contribution < -0.4 is 0 Å². The van der Waals surface area contributed by atoms with Gasteiger partial charge in [0.05, 0.1) is 6.61 Å². The van der Waals surface area contributed by atoms with E-state index in [0.717, 1.165) is 0 Å². The molecular formula is C5H7BrF2O. The van der Waals surface area contributed by atoms with E-state index in [2.05, 4.69) is 15.9 Å². The van der Waals surface area contributed by atoms with Crippen LogP contribution in [-0.4, -0.2) is 24.0 Å². The van der Waals surface area contributed by atoms with E-state index >= 15 is 0 Å². The molecule has 1 rings (SSSR count). The normalized spacial score (nSPS) is 30.3. The van der Waals surface area contributed by atoms with Crippen LogP contribution in [0.2, 0.25) is 0 Å². The van der Waals surface area contributed by atoms with Crippen LogP contribution in [0.4, 0.5) is 8.78 Å². The average molecular weight is 201 g/mol. The molecule has 0 bridgehead atoms. The monoisotopic (exact) mass is 200 g/mol. The van der Waals surface area contributed by atoms with Gasteiger partial charge in [0, 0.05) is 11.8 Å². The molecule has 1 saturated carbocycles. The Balaban J connectivity index is 2.06. The molecule has 0 saturated heterocycles. The van der Waals surface area contributed by atoms with E-state index < -0.39 is 12.0 Å². The molecule has 9 heavy (non-hydrogen) atoms. The Bertz CT molecular complexity index is 107. The molecule has 54 valence electrons. The summed E-state index contributed by atoms with van der Waals surface area (Å²) in [5, 5.41) is 0.625. The standard InChI is InChI=1S/C5H7BrF2O/c6-1-2-9-4-3-5(4,7)8/h4H,1-3H2/t4-/m1/s1. The fourth-order valence-electron chi connectivity index (χ4n) is 0.556. The summed E-state index contributed by atoms with van der Waals surface area (Å²) < 4.78 is 28.7. The van der Waals surface area contributed by atoms with Gasteiger partial charge in [-0.2, -0.15) is 0 Å². The number of hydrogen-bond donors (Lipinski definition) is 0. The maximum Gasteiger partial charge on any atom is 0.276 e. The molecule has 0 N–H and O–H groups in total. The molecular weight excluding hydrogens is 194 g/mol. The predicted octanol–water partition coefficient (Wildman–Crippen LogP) is 1.81. The Kier molecular flexibility index (Phi) is 2.06. The first-order valence-corrected chi connectivity index (χ1v) is 3.84. The van der Waals surface area contributed by atoms with Crippen molar-refractivity contribution in [3.05, 3.63) is 0 Å². The smallest absolute Gasteiger partial charge is 0.276 e. The van der Waals surface area contributed by atoms with Gasteiger partial charge in [-0.15, -0.1) is 0 Å². The zero-order chi connectivity index (χ0) is 6.91. The second-order valence-corrected chi connectivity index (χ2v) is 2.81. The molecule has 0 aromatic rings. The second kappa shape index (κ2) is 2.50. The molecule has 1 nitrogen and oxygen atoms in total. The Labute approximate surface area is 60.5 Å². The highest BCUT2D eigenvalue weighted by Crippen LogP contribution is 2.44. The van der Waals surface area contributed by atoms with Crippen LogP contribution in [0.3, 0.4) is 0 Å². The van der Waals surface area contributed by atoms with E-state index in [1.807, 2.05) is 0 Å². The van der Waals surface area contributed by atoms with E-state index in [-0.39, 0.29) is 6.42 Å². The van der Waals surface area contributed by atoms with E-state index in [9.17, 15) is 8.78 Å². The minimum absolute atomic E-state index is 0.0972. The summed E-state index contributed by atoms with van der Waals surface area (Å²) in [6.45, 7) is 0.375. The van der Waals surface area contributed by atoms with Crippen molar-refractivity contribution >= 4 is 15.9 Å². The Morgan fingerprint density at radius 3 is 2.56 bits per heavy atom. The van der Waals surface area contributed by atoms with Gasteiger partial charge in [-0.3, -0.25) is 0 Å². The quantitative estimate of drug-likeness (QED) is 0.632. The largest absolute Gasteiger partial charge is 0.371 e. The van der Waals surface area contributed by atoms with Crippen LogP contribution in [-0.2, 0) is 4.74 Å². The third kappa shape index (κ3) is 1.86.